The van der Waals surface area contributed by atoms with Gasteiger partial charge in [0.15, 0.2) is 10.8 Å². The standard InChI is InChI=1S/C19H32O2.2C16H26O4.2C16H30O2.2C15H19NO4/c1-6-17(2,3)16(20)21-18(4,5)19-10-13-7-14(11-19)9-15(8-13)12-19;2*1-4-13(2,3)12(17)20-16-7-11-5-14(18,9-16)8-15(19,6-11)10-16;2*1-7-15(3,4)14(17)18-16(5,6)13-10-8-12(2)9-11-13;2*1-4-14(2,3)12(17)19-10-8-5-9-11(10)20-13(18)15(9,6-8)7-16/h13-15H,6-12H2,1-5H3;2*11,18-19H,4-10H2,1-3H3;2*12-13H,7-11H2,1-6H3;2*8-11H,4-6H2,1-3H3. The Morgan fingerprint density at radius 1 is 0.343 bits per heavy atom. The zero-order valence-electron chi connectivity index (χ0n) is 90.0. The smallest absolute Gasteiger partial charge is 0.327 e. The number of ether oxygens (including phenoxy) is 9. The van der Waals surface area contributed by atoms with E-state index in [1.807, 2.05) is 138 Å². The Labute approximate surface area is 822 Å². The average Bonchev–Trinajstić information content (AvgIpc) is 1.55. The summed E-state index contributed by atoms with van der Waals surface area (Å²) >= 11 is 0. The Morgan fingerprint density at radius 2 is 0.606 bits per heavy atom. The number of esters is 9. The summed E-state index contributed by atoms with van der Waals surface area (Å²) in [5.74, 6) is 4.04. The number of carbonyl (C=O) groups excluding carboxylic acids is 9. The molecule has 20 aliphatic rings. The first-order valence-corrected chi connectivity index (χ1v) is 53.7. The third-order valence-electron chi connectivity index (χ3n) is 39.0. The fraction of sp³-hybridized carbons (Fsp3) is 0.903. The summed E-state index contributed by atoms with van der Waals surface area (Å²) in [6.45, 7) is 58.1. The first-order valence-electron chi connectivity index (χ1n) is 53.7. The fourth-order valence-electron chi connectivity index (χ4n) is 27.7. The highest BCUT2D eigenvalue weighted by Crippen LogP contribution is 2.68. The van der Waals surface area contributed by atoms with Crippen molar-refractivity contribution in [2.75, 3.05) is 0 Å². The quantitative estimate of drug-likeness (QED) is 0.0515. The van der Waals surface area contributed by atoms with Crippen molar-refractivity contribution < 1.29 is 106 Å². The maximum atomic E-state index is 12.6. The van der Waals surface area contributed by atoms with Crippen molar-refractivity contribution in [2.45, 2.75) is 513 Å². The molecule has 4 N–H and O–H groups in total. The molecule has 0 spiro atoms. The molecule has 20 rings (SSSR count). The van der Waals surface area contributed by atoms with Gasteiger partial charge in [-0.2, -0.15) is 10.5 Å². The molecule has 16 bridgehead atoms. The van der Waals surface area contributed by atoms with E-state index in [1.54, 1.807) is 0 Å². The summed E-state index contributed by atoms with van der Waals surface area (Å²) in [4.78, 5) is 110. The monoisotopic (exact) mass is 1920 g/mol. The van der Waals surface area contributed by atoms with Crippen LogP contribution in [0.25, 0.3) is 0 Å². The van der Waals surface area contributed by atoms with E-state index in [4.69, 9.17) is 42.6 Å². The van der Waals surface area contributed by atoms with Gasteiger partial charge in [-0.25, -0.2) is 0 Å². The fourth-order valence-corrected chi connectivity index (χ4v) is 27.7. The molecule has 137 heavy (non-hydrogen) atoms. The van der Waals surface area contributed by atoms with Crippen LogP contribution in [0.2, 0.25) is 0 Å². The molecule has 18 saturated carbocycles. The Kier molecular flexibility index (Phi) is 32.2. The van der Waals surface area contributed by atoms with E-state index < -0.39 is 90.2 Å². The first kappa shape index (κ1) is 111. The highest BCUT2D eigenvalue weighted by Gasteiger charge is 2.75. The molecule has 0 aromatic carbocycles. The number of nitrogens with zero attached hydrogens (tertiary/aromatic N) is 2. The van der Waals surface area contributed by atoms with Crippen molar-refractivity contribution in [1.29, 1.82) is 10.5 Å². The van der Waals surface area contributed by atoms with Crippen LogP contribution in [0.1, 0.15) is 438 Å². The average molecular weight is 1920 g/mol. The Morgan fingerprint density at radius 3 is 0.869 bits per heavy atom. The second kappa shape index (κ2) is 39.5. The highest BCUT2D eigenvalue weighted by molar-refractivity contribution is 5.86. The number of nitriles is 2. The predicted octanol–water partition coefficient (Wildman–Crippen LogP) is 22.1. The maximum absolute atomic E-state index is 12.6. The Bertz CT molecular complexity index is 4170. The summed E-state index contributed by atoms with van der Waals surface area (Å²) in [6, 6.07) is 4.30. The second-order valence-corrected chi connectivity index (χ2v) is 54.0. The molecule has 20 fully saturated rings. The number of hydrogen-bond acceptors (Lipinski definition) is 24. The van der Waals surface area contributed by atoms with E-state index >= 15 is 0 Å². The van der Waals surface area contributed by atoms with Gasteiger partial charge in [-0.15, -0.1) is 0 Å². The van der Waals surface area contributed by atoms with Crippen LogP contribution >= 0.6 is 0 Å². The molecule has 24 heteroatoms. The lowest BCUT2D eigenvalue weighted by Gasteiger charge is -2.62. The van der Waals surface area contributed by atoms with Gasteiger partial charge in [0.25, 0.3) is 0 Å². The van der Waals surface area contributed by atoms with Gasteiger partial charge in [-0.3, -0.25) is 43.2 Å². The number of hydrogen-bond donors (Lipinski definition) is 4. The van der Waals surface area contributed by atoms with Gasteiger partial charge in [-0.05, 0) is 365 Å². The Balaban J connectivity index is 0.000000153. The molecule has 0 amide bonds. The van der Waals surface area contributed by atoms with Gasteiger partial charge < -0.3 is 63.1 Å². The predicted molar refractivity (Wildman–Crippen MR) is 520 cm³/mol. The SMILES string of the molecule is CCC(C)(C)C(=O)OC(C)(C)C12CC3CC(CC(C3)C1)C2.CCC(C)(C)C(=O)OC(C)(C)C1CCC(C)CC1.CCC(C)(C)C(=O)OC(C)(C)C1CCC(C)CC1.CCC(C)(C)C(=O)OC12CC3CC(O)(CC(O)(C3)C1)C2.CCC(C)(C)C(=O)OC12CC3CC(O)(CC(O)(C3)C1)C2.CCC(C)(C)C(=O)OC1C2CC3C1OC(=O)C3(C#N)C2.CCC(C)(C)C(=O)OC1C2CC3C1OC(=O)C3(C#N)C2. The van der Waals surface area contributed by atoms with Crippen LogP contribution in [0.15, 0.2) is 0 Å². The summed E-state index contributed by atoms with van der Waals surface area (Å²) in [6.07, 6.45) is 31.5. The minimum atomic E-state index is -0.974. The third-order valence-corrected chi connectivity index (χ3v) is 39.0. The van der Waals surface area contributed by atoms with E-state index in [-0.39, 0.29) is 128 Å². The summed E-state index contributed by atoms with van der Waals surface area (Å²) < 4.78 is 51.5. The van der Waals surface area contributed by atoms with Crippen LogP contribution in [0, 0.1) is 154 Å². The van der Waals surface area contributed by atoms with Crippen LogP contribution in [0.5, 0.6) is 0 Å². The van der Waals surface area contributed by atoms with Gasteiger partial charge >= 0.3 is 53.7 Å². The van der Waals surface area contributed by atoms with Gasteiger partial charge in [0.05, 0.1) is 72.4 Å². The molecule has 18 aliphatic carbocycles. The van der Waals surface area contributed by atoms with Crippen molar-refractivity contribution in [1.82, 2.24) is 0 Å². The van der Waals surface area contributed by atoms with Crippen molar-refractivity contribution >= 4 is 53.7 Å². The van der Waals surface area contributed by atoms with Gasteiger partial charge in [0, 0.05) is 67.6 Å². The zero-order chi connectivity index (χ0) is 102. The summed E-state index contributed by atoms with van der Waals surface area (Å²) in [5.41, 5.74) is -10.5. The number of carbonyl (C=O) groups is 9. The number of fused-ring (bicyclic) bond motifs is 2. The first-order chi connectivity index (χ1) is 62.9. The molecule has 14 atom stereocenters. The molecular weight excluding hydrogens is 1740 g/mol. The molecule has 776 valence electrons. The molecule has 14 unspecified atom stereocenters. The van der Waals surface area contributed by atoms with E-state index in [1.165, 1.54) is 89.9 Å². The molecule has 2 heterocycles. The van der Waals surface area contributed by atoms with Gasteiger partial charge in [0.1, 0.15) is 52.4 Å². The van der Waals surface area contributed by atoms with Gasteiger partial charge in [-0.1, -0.05) is 88.0 Å². The van der Waals surface area contributed by atoms with Crippen molar-refractivity contribution in [3.8, 4) is 12.1 Å². The van der Waals surface area contributed by atoms with Crippen LogP contribution in [0.4, 0.5) is 0 Å². The van der Waals surface area contributed by atoms with Crippen LogP contribution in [0.3, 0.4) is 0 Å². The molecule has 2 aliphatic heterocycles. The summed E-state index contributed by atoms with van der Waals surface area (Å²) in [7, 11) is 0. The largest absolute Gasteiger partial charge is 0.459 e. The normalized spacial score (nSPS) is 38.4. The van der Waals surface area contributed by atoms with Crippen LogP contribution in [-0.2, 0) is 85.8 Å². The van der Waals surface area contributed by atoms with Crippen molar-refractivity contribution in [3.63, 3.8) is 0 Å². The van der Waals surface area contributed by atoms with E-state index in [2.05, 4.69) is 74.5 Å². The second-order valence-electron chi connectivity index (χ2n) is 54.0. The van der Waals surface area contributed by atoms with Gasteiger partial charge in [0.2, 0.25) is 0 Å². The number of aliphatic hydroxyl groups is 4. The van der Waals surface area contributed by atoms with Crippen molar-refractivity contribution in [3.05, 3.63) is 0 Å². The van der Waals surface area contributed by atoms with E-state index in [9.17, 15) is 74.1 Å². The molecule has 24 nitrogen and oxygen atoms in total. The molecule has 0 aromatic heterocycles. The minimum absolute atomic E-state index is 0.00857. The lowest BCUT2D eigenvalue weighted by molar-refractivity contribution is -0.265. The third kappa shape index (κ3) is 23.1. The van der Waals surface area contributed by atoms with Crippen molar-refractivity contribution in [2.24, 2.45) is 131 Å². The highest BCUT2D eigenvalue weighted by atomic mass is 16.6. The van der Waals surface area contributed by atoms with Crippen LogP contribution in [-0.4, -0.2) is 149 Å². The topological polar surface area (TPSA) is 365 Å². The van der Waals surface area contributed by atoms with Crippen LogP contribution < -0.4 is 0 Å². The summed E-state index contributed by atoms with van der Waals surface area (Å²) in [5, 5.41) is 61.2. The maximum Gasteiger partial charge on any atom is 0.327 e. The molecular formula is C113H182N2O22. The molecule has 2 saturated heterocycles. The van der Waals surface area contributed by atoms with E-state index in [0.717, 1.165) is 113 Å². The lowest BCUT2D eigenvalue weighted by Crippen LogP contribution is -2.67. The molecule has 0 radical (unpaired) electrons. The zero-order valence-corrected chi connectivity index (χ0v) is 90.0. The molecule has 0 aromatic rings. The van der Waals surface area contributed by atoms with E-state index in [0.29, 0.717) is 76.0 Å². The number of rotatable bonds is 24. The Hall–Kier alpha value is -5.95. The lowest BCUT2D eigenvalue weighted by atomic mass is 9.46. The minimum Gasteiger partial charge on any atom is -0.459 e.